The smallest absolute Gasteiger partial charge is 0.341 e. The maximum atomic E-state index is 11.7. The molecule has 7 heteroatoms. The zero-order valence-corrected chi connectivity index (χ0v) is 13.7. The number of esters is 1. The van der Waals surface area contributed by atoms with E-state index in [1.807, 2.05) is 36.4 Å². The number of nitrogens with one attached hydrogen (secondary N) is 1. The van der Waals surface area contributed by atoms with E-state index in [1.54, 1.807) is 19.3 Å². The molecule has 126 valence electrons. The Labute approximate surface area is 145 Å². The number of carbonyl (C=O) groups is 1. The van der Waals surface area contributed by atoms with Crippen molar-refractivity contribution in [3.63, 3.8) is 0 Å². The van der Waals surface area contributed by atoms with Gasteiger partial charge >= 0.3 is 5.97 Å². The first-order valence-corrected chi connectivity index (χ1v) is 7.85. The van der Waals surface area contributed by atoms with Gasteiger partial charge in [0.05, 0.1) is 23.6 Å². The first kappa shape index (κ1) is 16.5. The number of carbonyl (C=O) groups excluding carboxylic acids is 1. The molecule has 0 radical (unpaired) electrons. The number of rotatable bonds is 6. The third kappa shape index (κ3) is 4.14. The molecule has 0 amide bonds. The van der Waals surface area contributed by atoms with Gasteiger partial charge in [-0.25, -0.2) is 14.8 Å². The van der Waals surface area contributed by atoms with Crippen LogP contribution in [0.2, 0.25) is 0 Å². The first-order chi connectivity index (χ1) is 12.3. The van der Waals surface area contributed by atoms with Crippen LogP contribution in [0.5, 0.6) is 0 Å². The van der Waals surface area contributed by atoms with Gasteiger partial charge in [0.1, 0.15) is 6.04 Å². The largest absolute Gasteiger partial charge is 0.462 e. The molecule has 0 saturated heterocycles. The normalized spacial score (nSPS) is 10.5. The number of aromatic nitrogens is 4. The number of nitrogens with zero attached hydrogens (tertiary/aromatic N) is 4. The van der Waals surface area contributed by atoms with Crippen LogP contribution in [0.3, 0.4) is 0 Å². The quantitative estimate of drug-likeness (QED) is 0.693. The highest BCUT2D eigenvalue weighted by Gasteiger charge is 2.18. The predicted molar refractivity (Wildman–Crippen MR) is 91.9 cm³/mol. The van der Waals surface area contributed by atoms with Gasteiger partial charge in [0.15, 0.2) is 0 Å². The molecule has 3 aromatic rings. The maximum Gasteiger partial charge on any atom is 0.341 e. The molecule has 0 aromatic carbocycles. The molecule has 0 saturated carbocycles. The fraction of sp³-hybridized carbons (Fsp3) is 0.167. The number of anilines is 1. The third-order valence-corrected chi connectivity index (χ3v) is 3.40. The molecule has 25 heavy (non-hydrogen) atoms. The van der Waals surface area contributed by atoms with E-state index in [4.69, 9.17) is 4.74 Å². The Morgan fingerprint density at radius 3 is 2.08 bits per heavy atom. The number of ether oxygens (including phenoxy) is 1. The average molecular weight is 335 g/mol. The summed E-state index contributed by atoms with van der Waals surface area (Å²) in [6.07, 6.45) is 6.30. The zero-order valence-electron chi connectivity index (χ0n) is 13.7. The third-order valence-electron chi connectivity index (χ3n) is 3.40. The lowest BCUT2D eigenvalue weighted by Crippen LogP contribution is -2.17. The Morgan fingerprint density at radius 1 is 1.00 bits per heavy atom. The van der Waals surface area contributed by atoms with E-state index < -0.39 is 5.97 Å². The Hall–Kier alpha value is -3.35. The van der Waals surface area contributed by atoms with Crippen LogP contribution in [-0.2, 0) is 4.74 Å². The van der Waals surface area contributed by atoms with Crippen molar-refractivity contribution >= 4 is 11.9 Å². The summed E-state index contributed by atoms with van der Waals surface area (Å²) in [6, 6.07) is 11.0. The van der Waals surface area contributed by atoms with Gasteiger partial charge in [0.25, 0.3) is 0 Å². The molecule has 3 heterocycles. The molecule has 0 bridgehead atoms. The van der Waals surface area contributed by atoms with Gasteiger partial charge in [-0.3, -0.25) is 9.97 Å². The summed E-state index contributed by atoms with van der Waals surface area (Å²) in [7, 11) is 0. The minimum Gasteiger partial charge on any atom is -0.462 e. The summed E-state index contributed by atoms with van der Waals surface area (Å²) in [6.45, 7) is 2.05. The highest BCUT2D eigenvalue weighted by molar-refractivity contribution is 5.88. The van der Waals surface area contributed by atoms with Crippen LogP contribution in [0.4, 0.5) is 5.95 Å². The summed E-state index contributed by atoms with van der Waals surface area (Å²) in [5.74, 6) is -0.0746. The van der Waals surface area contributed by atoms with Crippen molar-refractivity contribution in [3.8, 4) is 0 Å². The van der Waals surface area contributed by atoms with E-state index in [1.165, 1.54) is 12.4 Å². The van der Waals surface area contributed by atoms with Gasteiger partial charge in [-0.1, -0.05) is 12.1 Å². The van der Waals surface area contributed by atoms with Gasteiger partial charge in [-0.05, 0) is 31.2 Å². The Morgan fingerprint density at radius 2 is 1.60 bits per heavy atom. The van der Waals surface area contributed by atoms with Gasteiger partial charge in [-0.2, -0.15) is 0 Å². The van der Waals surface area contributed by atoms with Crippen LogP contribution in [-0.4, -0.2) is 32.5 Å². The topological polar surface area (TPSA) is 89.9 Å². The van der Waals surface area contributed by atoms with E-state index in [9.17, 15) is 4.79 Å². The van der Waals surface area contributed by atoms with Crippen LogP contribution in [0.1, 0.15) is 34.7 Å². The summed E-state index contributed by atoms with van der Waals surface area (Å²) < 4.78 is 4.93. The van der Waals surface area contributed by atoms with Gasteiger partial charge in [0, 0.05) is 24.8 Å². The van der Waals surface area contributed by atoms with Crippen LogP contribution in [0.25, 0.3) is 0 Å². The van der Waals surface area contributed by atoms with Crippen LogP contribution in [0.15, 0.2) is 61.2 Å². The van der Waals surface area contributed by atoms with E-state index in [0.717, 1.165) is 11.4 Å². The summed E-state index contributed by atoms with van der Waals surface area (Å²) in [5, 5.41) is 3.21. The van der Waals surface area contributed by atoms with Crippen molar-refractivity contribution in [1.29, 1.82) is 0 Å². The molecule has 0 aliphatic carbocycles. The molecule has 7 nitrogen and oxygen atoms in total. The first-order valence-electron chi connectivity index (χ1n) is 7.85. The number of pyridine rings is 2. The van der Waals surface area contributed by atoms with E-state index in [-0.39, 0.29) is 6.04 Å². The SMILES string of the molecule is CCOC(=O)c1cnc(NC(c2ccccn2)c2ccccn2)nc1. The van der Waals surface area contributed by atoms with Gasteiger partial charge in [0.2, 0.25) is 5.95 Å². The molecular formula is C18H17N5O2. The zero-order chi connectivity index (χ0) is 17.5. The second-order valence-electron chi connectivity index (χ2n) is 5.10. The molecule has 1 N–H and O–H groups in total. The van der Waals surface area contributed by atoms with E-state index in [2.05, 4.69) is 25.3 Å². The highest BCUT2D eigenvalue weighted by atomic mass is 16.5. The predicted octanol–water partition coefficient (Wildman–Crippen LogP) is 2.64. The lowest BCUT2D eigenvalue weighted by molar-refractivity contribution is 0.0525. The fourth-order valence-corrected chi connectivity index (χ4v) is 2.24. The molecule has 0 spiro atoms. The minimum atomic E-state index is -0.444. The number of hydrogen-bond acceptors (Lipinski definition) is 7. The van der Waals surface area contributed by atoms with Gasteiger partial charge in [-0.15, -0.1) is 0 Å². The van der Waals surface area contributed by atoms with E-state index in [0.29, 0.717) is 18.1 Å². The van der Waals surface area contributed by atoms with Crippen molar-refractivity contribution in [1.82, 2.24) is 19.9 Å². The van der Waals surface area contributed by atoms with Crippen molar-refractivity contribution < 1.29 is 9.53 Å². The second-order valence-corrected chi connectivity index (χ2v) is 5.10. The Kier molecular flexibility index (Phi) is 5.26. The molecule has 3 rings (SSSR count). The summed E-state index contributed by atoms with van der Waals surface area (Å²) in [4.78, 5) is 28.8. The molecule has 0 aliphatic rings. The standard InChI is InChI=1S/C18H17N5O2/c1-2-25-17(24)13-11-21-18(22-12-13)23-16(14-7-3-5-9-19-14)15-8-4-6-10-20-15/h3-12,16H,2H2,1H3,(H,21,22,23). The van der Waals surface area contributed by atoms with Crippen LogP contribution < -0.4 is 5.32 Å². The van der Waals surface area contributed by atoms with Gasteiger partial charge < -0.3 is 10.1 Å². The van der Waals surface area contributed by atoms with Crippen molar-refractivity contribution in [2.24, 2.45) is 0 Å². The van der Waals surface area contributed by atoms with Crippen LogP contribution in [0, 0.1) is 0 Å². The average Bonchev–Trinajstić information content (AvgIpc) is 2.68. The molecule has 0 fully saturated rings. The lowest BCUT2D eigenvalue weighted by atomic mass is 10.1. The number of hydrogen-bond donors (Lipinski definition) is 1. The van der Waals surface area contributed by atoms with Crippen molar-refractivity contribution in [2.45, 2.75) is 13.0 Å². The van der Waals surface area contributed by atoms with Crippen LogP contribution >= 0.6 is 0 Å². The fourth-order valence-electron chi connectivity index (χ4n) is 2.24. The highest BCUT2D eigenvalue weighted by Crippen LogP contribution is 2.21. The summed E-state index contributed by atoms with van der Waals surface area (Å²) in [5.41, 5.74) is 1.89. The molecule has 0 atom stereocenters. The van der Waals surface area contributed by atoms with E-state index >= 15 is 0 Å². The minimum absolute atomic E-state index is 0.305. The molecular weight excluding hydrogens is 318 g/mol. The second kappa shape index (κ2) is 7.96. The summed E-state index contributed by atoms with van der Waals surface area (Å²) >= 11 is 0. The molecule has 0 aliphatic heterocycles. The Balaban J connectivity index is 1.85. The molecule has 3 aromatic heterocycles. The lowest BCUT2D eigenvalue weighted by Gasteiger charge is -2.17. The monoisotopic (exact) mass is 335 g/mol. The van der Waals surface area contributed by atoms with Crippen molar-refractivity contribution in [2.75, 3.05) is 11.9 Å². The van der Waals surface area contributed by atoms with Crippen molar-refractivity contribution in [3.05, 3.63) is 78.1 Å². The Bertz CT molecular complexity index is 770. The maximum absolute atomic E-state index is 11.7. The molecule has 0 unspecified atom stereocenters.